The van der Waals surface area contributed by atoms with Gasteiger partial charge in [0.1, 0.15) is 0 Å². The van der Waals surface area contributed by atoms with Crippen LogP contribution in [0.4, 0.5) is 0 Å². The molecule has 1 aliphatic heterocycles. The Morgan fingerprint density at radius 1 is 1.35 bits per heavy atom. The maximum atomic E-state index is 11.9. The van der Waals surface area contributed by atoms with Gasteiger partial charge in [0.15, 0.2) is 0 Å². The summed E-state index contributed by atoms with van der Waals surface area (Å²) in [6, 6.07) is 0.308. The van der Waals surface area contributed by atoms with Gasteiger partial charge in [-0.25, -0.2) is 0 Å². The number of carboxylic acid groups (broad SMARTS) is 1. The number of amides is 1. The van der Waals surface area contributed by atoms with Crippen LogP contribution in [0.3, 0.4) is 0 Å². The van der Waals surface area contributed by atoms with Crippen LogP contribution in [0.1, 0.15) is 32.1 Å². The third-order valence-electron chi connectivity index (χ3n) is 3.05. The van der Waals surface area contributed by atoms with E-state index < -0.39 is 5.97 Å². The zero-order chi connectivity index (χ0) is 12.8. The lowest BCUT2D eigenvalue weighted by Gasteiger charge is -2.27. The van der Waals surface area contributed by atoms with Crippen molar-refractivity contribution in [1.29, 1.82) is 0 Å². The van der Waals surface area contributed by atoms with E-state index in [1.807, 2.05) is 19.0 Å². The summed E-state index contributed by atoms with van der Waals surface area (Å²) >= 11 is 0. The number of hydrogen-bond donors (Lipinski definition) is 1. The van der Waals surface area contributed by atoms with E-state index in [0.717, 1.165) is 25.9 Å². The van der Waals surface area contributed by atoms with Gasteiger partial charge in [-0.3, -0.25) is 9.59 Å². The summed E-state index contributed by atoms with van der Waals surface area (Å²) in [6.45, 7) is 1.72. The van der Waals surface area contributed by atoms with Gasteiger partial charge in [-0.2, -0.15) is 0 Å². The van der Waals surface area contributed by atoms with Crippen LogP contribution < -0.4 is 0 Å². The summed E-state index contributed by atoms with van der Waals surface area (Å²) < 4.78 is 0. The molecule has 98 valence electrons. The molecule has 1 unspecified atom stereocenters. The first-order chi connectivity index (χ1) is 8.00. The Bertz CT molecular complexity index is 279. The Balaban J connectivity index is 2.36. The average Bonchev–Trinajstić information content (AvgIpc) is 2.64. The Hall–Kier alpha value is -1.10. The van der Waals surface area contributed by atoms with Gasteiger partial charge >= 0.3 is 5.97 Å². The number of nitrogens with zero attached hydrogens (tertiary/aromatic N) is 2. The molecule has 1 N–H and O–H groups in total. The molecule has 0 aromatic rings. The number of carbonyl (C=O) groups is 2. The molecule has 0 spiro atoms. The number of carboxylic acids is 1. The fourth-order valence-corrected chi connectivity index (χ4v) is 2.31. The summed E-state index contributed by atoms with van der Waals surface area (Å²) in [6.07, 6.45) is 3.00. The van der Waals surface area contributed by atoms with Crippen molar-refractivity contribution in [1.82, 2.24) is 9.80 Å². The van der Waals surface area contributed by atoms with Gasteiger partial charge in [0, 0.05) is 32.0 Å². The second kappa shape index (κ2) is 6.59. The third kappa shape index (κ3) is 4.73. The van der Waals surface area contributed by atoms with Crippen LogP contribution in [-0.4, -0.2) is 60.0 Å². The Kier molecular flexibility index (Phi) is 5.41. The van der Waals surface area contributed by atoms with E-state index in [1.165, 1.54) is 0 Å². The van der Waals surface area contributed by atoms with Gasteiger partial charge in [-0.05, 0) is 33.4 Å². The fourth-order valence-electron chi connectivity index (χ4n) is 2.31. The van der Waals surface area contributed by atoms with Crippen molar-refractivity contribution in [3.05, 3.63) is 0 Å². The molecule has 0 radical (unpaired) electrons. The maximum absolute atomic E-state index is 11.9. The molecule has 17 heavy (non-hydrogen) atoms. The van der Waals surface area contributed by atoms with E-state index in [1.54, 1.807) is 0 Å². The monoisotopic (exact) mass is 242 g/mol. The first kappa shape index (κ1) is 14.0. The standard InChI is InChI=1S/C12H22N2O3/c1-13(2)9-10-5-4-8-14(10)11(15)6-3-7-12(16)17/h10H,3-9H2,1-2H3,(H,16,17). The molecule has 0 saturated carbocycles. The maximum Gasteiger partial charge on any atom is 0.303 e. The van der Waals surface area contributed by atoms with Crippen molar-refractivity contribution < 1.29 is 14.7 Å². The van der Waals surface area contributed by atoms with Gasteiger partial charge in [0.05, 0.1) is 0 Å². The molecule has 1 saturated heterocycles. The van der Waals surface area contributed by atoms with E-state index in [4.69, 9.17) is 5.11 Å². The topological polar surface area (TPSA) is 60.9 Å². The minimum absolute atomic E-state index is 0.0813. The molecule has 5 heteroatoms. The smallest absolute Gasteiger partial charge is 0.303 e. The number of hydrogen-bond acceptors (Lipinski definition) is 3. The first-order valence-electron chi connectivity index (χ1n) is 6.16. The van der Waals surface area contributed by atoms with Crippen molar-refractivity contribution in [2.75, 3.05) is 27.2 Å². The molecular formula is C12H22N2O3. The van der Waals surface area contributed by atoms with Crippen LogP contribution in [0.25, 0.3) is 0 Å². The molecule has 1 fully saturated rings. The summed E-state index contributed by atoms with van der Waals surface area (Å²) in [5, 5.41) is 8.53. The highest BCUT2D eigenvalue weighted by Gasteiger charge is 2.28. The molecule has 0 aromatic heterocycles. The molecular weight excluding hydrogens is 220 g/mol. The normalized spacial score (nSPS) is 19.9. The SMILES string of the molecule is CN(C)CC1CCCN1C(=O)CCCC(=O)O. The van der Waals surface area contributed by atoms with Crippen LogP contribution in [0, 0.1) is 0 Å². The van der Waals surface area contributed by atoms with Crippen LogP contribution in [0.5, 0.6) is 0 Å². The highest BCUT2D eigenvalue weighted by atomic mass is 16.4. The predicted octanol–water partition coefficient (Wildman–Crippen LogP) is 0.794. The molecule has 1 atom stereocenters. The van der Waals surface area contributed by atoms with Crippen LogP contribution in [0.15, 0.2) is 0 Å². The van der Waals surface area contributed by atoms with E-state index in [0.29, 0.717) is 18.9 Å². The Morgan fingerprint density at radius 3 is 2.65 bits per heavy atom. The second-order valence-corrected chi connectivity index (χ2v) is 4.89. The third-order valence-corrected chi connectivity index (χ3v) is 3.05. The van der Waals surface area contributed by atoms with Gasteiger partial charge in [0.25, 0.3) is 0 Å². The van der Waals surface area contributed by atoms with Gasteiger partial charge in [0.2, 0.25) is 5.91 Å². The molecule has 0 bridgehead atoms. The van der Waals surface area contributed by atoms with Crippen LogP contribution in [-0.2, 0) is 9.59 Å². The Labute approximate surface area is 102 Å². The molecule has 0 aromatic carbocycles. The summed E-state index contributed by atoms with van der Waals surface area (Å²) in [5.74, 6) is -0.723. The van der Waals surface area contributed by atoms with Crippen molar-refractivity contribution in [3.8, 4) is 0 Å². The number of likely N-dealkylation sites (N-methyl/N-ethyl adjacent to an activating group) is 1. The van der Waals surface area contributed by atoms with Crippen LogP contribution >= 0.6 is 0 Å². The lowest BCUT2D eigenvalue weighted by Crippen LogP contribution is -2.41. The van der Waals surface area contributed by atoms with Crippen molar-refractivity contribution in [2.45, 2.75) is 38.1 Å². The minimum Gasteiger partial charge on any atom is -0.481 e. The number of likely N-dealkylation sites (tertiary alicyclic amines) is 1. The molecule has 1 rings (SSSR count). The van der Waals surface area contributed by atoms with E-state index in [2.05, 4.69) is 4.90 Å². The Morgan fingerprint density at radius 2 is 2.06 bits per heavy atom. The predicted molar refractivity (Wildman–Crippen MR) is 64.8 cm³/mol. The highest BCUT2D eigenvalue weighted by molar-refractivity contribution is 5.77. The zero-order valence-corrected chi connectivity index (χ0v) is 10.7. The van der Waals surface area contributed by atoms with Gasteiger partial charge in [-0.1, -0.05) is 0 Å². The zero-order valence-electron chi connectivity index (χ0n) is 10.7. The fraction of sp³-hybridized carbons (Fsp3) is 0.833. The summed E-state index contributed by atoms with van der Waals surface area (Å²) in [4.78, 5) is 26.3. The molecule has 1 aliphatic rings. The van der Waals surface area contributed by atoms with E-state index in [-0.39, 0.29) is 12.3 Å². The molecule has 0 aliphatic carbocycles. The number of carbonyl (C=O) groups excluding carboxylic acids is 1. The molecule has 5 nitrogen and oxygen atoms in total. The average molecular weight is 242 g/mol. The van der Waals surface area contributed by atoms with Crippen molar-refractivity contribution >= 4 is 11.9 Å². The quantitative estimate of drug-likeness (QED) is 0.748. The van der Waals surface area contributed by atoms with Gasteiger partial charge < -0.3 is 14.9 Å². The van der Waals surface area contributed by atoms with Gasteiger partial charge in [-0.15, -0.1) is 0 Å². The number of rotatable bonds is 6. The second-order valence-electron chi connectivity index (χ2n) is 4.89. The lowest BCUT2D eigenvalue weighted by atomic mass is 10.2. The molecule has 1 amide bonds. The summed E-state index contributed by atoms with van der Waals surface area (Å²) in [7, 11) is 4.01. The number of aliphatic carboxylic acids is 1. The summed E-state index contributed by atoms with van der Waals surface area (Å²) in [5.41, 5.74) is 0. The largest absolute Gasteiger partial charge is 0.481 e. The first-order valence-corrected chi connectivity index (χ1v) is 6.16. The highest BCUT2D eigenvalue weighted by Crippen LogP contribution is 2.19. The van der Waals surface area contributed by atoms with Crippen molar-refractivity contribution in [2.24, 2.45) is 0 Å². The lowest BCUT2D eigenvalue weighted by molar-refractivity contribution is -0.137. The van der Waals surface area contributed by atoms with Crippen molar-refractivity contribution in [3.63, 3.8) is 0 Å². The molecule has 1 heterocycles. The minimum atomic E-state index is -0.830. The van der Waals surface area contributed by atoms with E-state index in [9.17, 15) is 9.59 Å². The van der Waals surface area contributed by atoms with Crippen LogP contribution in [0.2, 0.25) is 0 Å². The van der Waals surface area contributed by atoms with E-state index >= 15 is 0 Å².